The minimum Gasteiger partial charge on any atom is -0.329 e. The highest BCUT2D eigenvalue weighted by atomic mass is 16.2. The van der Waals surface area contributed by atoms with Crippen LogP contribution in [0.2, 0.25) is 0 Å². The van der Waals surface area contributed by atoms with E-state index in [9.17, 15) is 4.79 Å². The van der Waals surface area contributed by atoms with Gasteiger partial charge in [0.2, 0.25) is 5.91 Å². The lowest BCUT2D eigenvalue weighted by Crippen LogP contribution is -2.42. The predicted octanol–water partition coefficient (Wildman–Crippen LogP) is 1.90. The fraction of sp³-hybridized carbons (Fsp3) is 0.750. The first-order chi connectivity index (χ1) is 7.06. The monoisotopic (exact) mass is 210 g/mol. The van der Waals surface area contributed by atoms with Crippen molar-refractivity contribution in [3.8, 4) is 0 Å². The summed E-state index contributed by atoms with van der Waals surface area (Å²) >= 11 is 0. The molecule has 0 aromatic carbocycles. The SMILES string of the molecule is CCCCC1C(=O)NC(C)=C(C)CN1C. The molecular weight excluding hydrogens is 188 g/mol. The van der Waals surface area contributed by atoms with Gasteiger partial charge in [0.05, 0.1) is 6.04 Å². The quantitative estimate of drug-likeness (QED) is 0.771. The maximum atomic E-state index is 11.9. The van der Waals surface area contributed by atoms with Gasteiger partial charge in [0.15, 0.2) is 0 Å². The molecule has 3 heteroatoms. The highest BCUT2D eigenvalue weighted by Gasteiger charge is 2.25. The van der Waals surface area contributed by atoms with Gasteiger partial charge in [0.1, 0.15) is 0 Å². The standard InChI is InChI=1S/C12H22N2O/c1-5-6-7-11-12(15)13-10(3)9(2)8-14(11)4/h11H,5-8H2,1-4H3,(H,13,15). The third-order valence-electron chi connectivity index (χ3n) is 3.10. The summed E-state index contributed by atoms with van der Waals surface area (Å²) in [6.45, 7) is 7.10. The number of allylic oxidation sites excluding steroid dienone is 1. The molecule has 1 aliphatic heterocycles. The van der Waals surface area contributed by atoms with Crippen molar-refractivity contribution < 1.29 is 4.79 Å². The summed E-state index contributed by atoms with van der Waals surface area (Å²) in [4.78, 5) is 14.0. The molecule has 1 rings (SSSR count). The van der Waals surface area contributed by atoms with Crippen LogP contribution in [-0.2, 0) is 4.79 Å². The van der Waals surface area contributed by atoms with E-state index in [-0.39, 0.29) is 11.9 Å². The Morgan fingerprint density at radius 3 is 2.73 bits per heavy atom. The Balaban J connectivity index is 2.71. The average molecular weight is 210 g/mol. The van der Waals surface area contributed by atoms with Gasteiger partial charge in [0.25, 0.3) is 0 Å². The maximum absolute atomic E-state index is 11.9. The number of nitrogens with one attached hydrogen (secondary N) is 1. The minimum atomic E-state index is 0.0392. The largest absolute Gasteiger partial charge is 0.329 e. The van der Waals surface area contributed by atoms with Gasteiger partial charge in [-0.25, -0.2) is 0 Å². The summed E-state index contributed by atoms with van der Waals surface area (Å²) in [6.07, 6.45) is 3.21. The van der Waals surface area contributed by atoms with Crippen molar-refractivity contribution in [1.29, 1.82) is 0 Å². The number of rotatable bonds is 3. The summed E-state index contributed by atoms with van der Waals surface area (Å²) in [6, 6.07) is 0.0392. The number of nitrogens with zero attached hydrogens (tertiary/aromatic N) is 1. The second-order valence-corrected chi connectivity index (χ2v) is 4.47. The number of carbonyl (C=O) groups is 1. The van der Waals surface area contributed by atoms with Crippen LogP contribution in [0.3, 0.4) is 0 Å². The summed E-state index contributed by atoms with van der Waals surface area (Å²) in [5.41, 5.74) is 2.27. The number of carbonyl (C=O) groups excluding carboxylic acids is 1. The summed E-state index contributed by atoms with van der Waals surface area (Å²) in [7, 11) is 2.03. The molecule has 1 aliphatic rings. The van der Waals surface area contributed by atoms with Gasteiger partial charge in [-0.05, 0) is 32.9 Å². The van der Waals surface area contributed by atoms with E-state index in [1.807, 2.05) is 14.0 Å². The summed E-state index contributed by atoms with van der Waals surface area (Å²) in [5, 5.41) is 2.98. The third kappa shape index (κ3) is 3.06. The lowest BCUT2D eigenvalue weighted by atomic mass is 10.1. The Morgan fingerprint density at radius 2 is 2.13 bits per heavy atom. The molecule has 0 saturated carbocycles. The van der Waals surface area contributed by atoms with E-state index in [1.165, 1.54) is 5.57 Å². The molecule has 86 valence electrons. The Kier molecular flexibility index (Phi) is 4.33. The first-order valence-electron chi connectivity index (χ1n) is 5.73. The fourth-order valence-corrected chi connectivity index (χ4v) is 1.93. The van der Waals surface area contributed by atoms with Gasteiger partial charge >= 0.3 is 0 Å². The molecule has 0 aliphatic carbocycles. The van der Waals surface area contributed by atoms with Crippen LogP contribution in [0, 0.1) is 0 Å². The van der Waals surface area contributed by atoms with E-state index in [4.69, 9.17) is 0 Å². The molecular formula is C12H22N2O. The van der Waals surface area contributed by atoms with Crippen molar-refractivity contribution in [2.75, 3.05) is 13.6 Å². The van der Waals surface area contributed by atoms with E-state index in [1.54, 1.807) is 0 Å². The fourth-order valence-electron chi connectivity index (χ4n) is 1.93. The van der Waals surface area contributed by atoms with Crippen LogP contribution in [0.25, 0.3) is 0 Å². The van der Waals surface area contributed by atoms with Gasteiger partial charge in [-0.1, -0.05) is 19.8 Å². The molecule has 0 aromatic rings. The minimum absolute atomic E-state index is 0.0392. The first-order valence-corrected chi connectivity index (χ1v) is 5.73. The number of hydrogen-bond acceptors (Lipinski definition) is 2. The third-order valence-corrected chi connectivity index (χ3v) is 3.10. The Hall–Kier alpha value is -0.830. The van der Waals surface area contributed by atoms with Crippen LogP contribution >= 0.6 is 0 Å². The second-order valence-electron chi connectivity index (χ2n) is 4.47. The molecule has 1 heterocycles. The molecule has 1 atom stereocenters. The Labute approximate surface area is 92.5 Å². The van der Waals surface area contributed by atoms with Crippen LogP contribution in [-0.4, -0.2) is 30.4 Å². The van der Waals surface area contributed by atoms with E-state index in [0.717, 1.165) is 31.5 Å². The smallest absolute Gasteiger partial charge is 0.241 e. The molecule has 0 spiro atoms. The molecule has 0 fully saturated rings. The van der Waals surface area contributed by atoms with Crippen LogP contribution in [0.1, 0.15) is 40.0 Å². The Morgan fingerprint density at radius 1 is 1.47 bits per heavy atom. The predicted molar refractivity (Wildman–Crippen MR) is 62.5 cm³/mol. The molecule has 1 unspecified atom stereocenters. The molecule has 0 radical (unpaired) electrons. The van der Waals surface area contributed by atoms with Crippen LogP contribution in [0.15, 0.2) is 11.3 Å². The zero-order valence-corrected chi connectivity index (χ0v) is 10.3. The Bertz CT molecular complexity index is 271. The van der Waals surface area contributed by atoms with E-state index >= 15 is 0 Å². The van der Waals surface area contributed by atoms with Gasteiger partial charge in [-0.3, -0.25) is 9.69 Å². The molecule has 15 heavy (non-hydrogen) atoms. The lowest BCUT2D eigenvalue weighted by molar-refractivity contribution is -0.125. The highest BCUT2D eigenvalue weighted by molar-refractivity contribution is 5.83. The van der Waals surface area contributed by atoms with E-state index in [2.05, 4.69) is 24.1 Å². The maximum Gasteiger partial charge on any atom is 0.241 e. The number of likely N-dealkylation sites (N-methyl/N-ethyl adjacent to an activating group) is 1. The molecule has 1 amide bonds. The lowest BCUT2D eigenvalue weighted by Gasteiger charge is -2.24. The molecule has 0 aromatic heterocycles. The first kappa shape index (κ1) is 12.2. The van der Waals surface area contributed by atoms with Crippen LogP contribution in [0.5, 0.6) is 0 Å². The second kappa shape index (κ2) is 5.31. The normalized spacial score (nSPS) is 24.0. The molecule has 1 N–H and O–H groups in total. The zero-order valence-electron chi connectivity index (χ0n) is 10.3. The van der Waals surface area contributed by atoms with Crippen LogP contribution in [0.4, 0.5) is 0 Å². The average Bonchev–Trinajstić information content (AvgIpc) is 2.25. The van der Waals surface area contributed by atoms with Crippen LogP contribution < -0.4 is 5.32 Å². The number of amides is 1. The number of hydrogen-bond donors (Lipinski definition) is 1. The summed E-state index contributed by atoms with van der Waals surface area (Å²) in [5.74, 6) is 0.153. The van der Waals surface area contributed by atoms with Crippen molar-refractivity contribution in [3.05, 3.63) is 11.3 Å². The molecule has 0 bridgehead atoms. The van der Waals surface area contributed by atoms with Crippen molar-refractivity contribution in [2.45, 2.75) is 46.1 Å². The molecule has 0 saturated heterocycles. The molecule has 3 nitrogen and oxygen atoms in total. The zero-order chi connectivity index (χ0) is 11.4. The van der Waals surface area contributed by atoms with E-state index in [0.29, 0.717) is 0 Å². The van der Waals surface area contributed by atoms with Crippen molar-refractivity contribution in [2.24, 2.45) is 0 Å². The summed E-state index contributed by atoms with van der Waals surface area (Å²) < 4.78 is 0. The van der Waals surface area contributed by atoms with Gasteiger partial charge in [0, 0.05) is 12.2 Å². The highest BCUT2D eigenvalue weighted by Crippen LogP contribution is 2.15. The van der Waals surface area contributed by atoms with Gasteiger partial charge < -0.3 is 5.32 Å². The van der Waals surface area contributed by atoms with Gasteiger partial charge in [-0.2, -0.15) is 0 Å². The van der Waals surface area contributed by atoms with Crippen molar-refractivity contribution in [3.63, 3.8) is 0 Å². The van der Waals surface area contributed by atoms with Crippen molar-refractivity contribution >= 4 is 5.91 Å². The number of unbranched alkanes of at least 4 members (excludes halogenated alkanes) is 1. The topological polar surface area (TPSA) is 32.3 Å². The van der Waals surface area contributed by atoms with Crippen molar-refractivity contribution in [1.82, 2.24) is 10.2 Å². The van der Waals surface area contributed by atoms with Gasteiger partial charge in [-0.15, -0.1) is 0 Å². The van der Waals surface area contributed by atoms with E-state index < -0.39 is 0 Å².